The van der Waals surface area contributed by atoms with Crippen LogP contribution in [-0.2, 0) is 4.79 Å². The Morgan fingerprint density at radius 1 is 1.33 bits per heavy atom. The predicted molar refractivity (Wildman–Crippen MR) is 63.1 cm³/mol. The zero-order valence-electron chi connectivity index (χ0n) is 10.2. The van der Waals surface area contributed by atoms with Crippen molar-refractivity contribution in [1.29, 1.82) is 0 Å². The fourth-order valence-corrected chi connectivity index (χ4v) is 2.15. The monoisotopic (exact) mass is 260 g/mol. The van der Waals surface area contributed by atoms with Gasteiger partial charge in [0, 0.05) is 12.6 Å². The number of aliphatic hydroxyl groups excluding tert-OH is 2. The minimum Gasteiger partial charge on any atom is -0.479 e. The average Bonchev–Trinajstić information content (AvgIpc) is 2.85. The van der Waals surface area contributed by atoms with E-state index >= 15 is 0 Å². The van der Waals surface area contributed by atoms with E-state index < -0.39 is 18.1 Å². The number of carboxylic acid groups (broad SMARTS) is 1. The summed E-state index contributed by atoms with van der Waals surface area (Å²) in [6, 6.07) is -0.338. The van der Waals surface area contributed by atoms with Gasteiger partial charge in [-0.1, -0.05) is 12.8 Å². The Kier molecular flexibility index (Phi) is 5.87. The molecule has 7 heteroatoms. The molecule has 1 aliphatic rings. The standard InChI is InChI=1S/C11H20N2O5/c14-6-5-13(8-3-1-2-4-8)11(18)12-7-9(15)10(16)17/h8-9,14-15H,1-7H2,(H,12,18)(H,16,17)/t9-/m0/s1. The molecule has 0 aromatic rings. The molecular weight excluding hydrogens is 240 g/mol. The summed E-state index contributed by atoms with van der Waals surface area (Å²) in [7, 11) is 0. The number of nitrogens with zero attached hydrogens (tertiary/aromatic N) is 1. The molecule has 0 unspecified atom stereocenters. The number of amides is 2. The number of nitrogens with one attached hydrogen (secondary N) is 1. The fraction of sp³-hybridized carbons (Fsp3) is 0.818. The van der Waals surface area contributed by atoms with Gasteiger partial charge in [0.05, 0.1) is 13.2 Å². The van der Waals surface area contributed by atoms with E-state index in [1.165, 1.54) is 4.90 Å². The number of hydrogen-bond acceptors (Lipinski definition) is 4. The minimum atomic E-state index is -1.60. The van der Waals surface area contributed by atoms with Gasteiger partial charge in [-0.3, -0.25) is 0 Å². The fourth-order valence-electron chi connectivity index (χ4n) is 2.15. The summed E-state index contributed by atoms with van der Waals surface area (Å²) in [6.45, 7) is -0.242. The molecule has 1 saturated carbocycles. The van der Waals surface area contributed by atoms with E-state index in [1.54, 1.807) is 0 Å². The third-order valence-electron chi connectivity index (χ3n) is 3.10. The molecule has 0 radical (unpaired) electrons. The maximum absolute atomic E-state index is 11.8. The molecular formula is C11H20N2O5. The number of aliphatic carboxylic acids is 1. The zero-order chi connectivity index (χ0) is 13.5. The number of rotatable bonds is 6. The molecule has 0 spiro atoms. The lowest BCUT2D eigenvalue weighted by atomic mass is 10.2. The van der Waals surface area contributed by atoms with E-state index in [2.05, 4.69) is 5.32 Å². The normalized spacial score (nSPS) is 17.4. The van der Waals surface area contributed by atoms with Crippen molar-refractivity contribution in [1.82, 2.24) is 10.2 Å². The van der Waals surface area contributed by atoms with Crippen molar-refractivity contribution in [3.8, 4) is 0 Å². The van der Waals surface area contributed by atoms with Gasteiger partial charge in [0.25, 0.3) is 0 Å². The van der Waals surface area contributed by atoms with Gasteiger partial charge < -0.3 is 25.5 Å². The van der Waals surface area contributed by atoms with Crippen LogP contribution in [0.1, 0.15) is 25.7 Å². The molecule has 104 valence electrons. The molecule has 0 aromatic heterocycles. The first-order chi connectivity index (χ1) is 8.56. The van der Waals surface area contributed by atoms with Gasteiger partial charge in [-0.25, -0.2) is 9.59 Å². The maximum Gasteiger partial charge on any atom is 0.334 e. The average molecular weight is 260 g/mol. The quantitative estimate of drug-likeness (QED) is 0.508. The van der Waals surface area contributed by atoms with Crippen LogP contribution in [0, 0.1) is 0 Å². The number of urea groups is 1. The first-order valence-corrected chi connectivity index (χ1v) is 6.12. The van der Waals surface area contributed by atoms with Gasteiger partial charge in [0.1, 0.15) is 0 Å². The summed E-state index contributed by atoms with van der Waals surface area (Å²) in [4.78, 5) is 23.8. The van der Waals surface area contributed by atoms with Crippen LogP contribution in [0.3, 0.4) is 0 Å². The van der Waals surface area contributed by atoms with Crippen LogP contribution in [0.25, 0.3) is 0 Å². The van der Waals surface area contributed by atoms with Crippen LogP contribution in [0.15, 0.2) is 0 Å². The molecule has 4 N–H and O–H groups in total. The van der Waals surface area contributed by atoms with Crippen molar-refractivity contribution in [3.05, 3.63) is 0 Å². The minimum absolute atomic E-state index is 0.0964. The van der Waals surface area contributed by atoms with Gasteiger partial charge in [0.2, 0.25) is 0 Å². The summed E-state index contributed by atoms with van der Waals surface area (Å²) >= 11 is 0. The second-order valence-electron chi connectivity index (χ2n) is 4.40. The number of aliphatic hydroxyl groups is 2. The van der Waals surface area contributed by atoms with Crippen molar-refractivity contribution in [3.63, 3.8) is 0 Å². The van der Waals surface area contributed by atoms with Gasteiger partial charge in [-0.05, 0) is 12.8 Å². The van der Waals surface area contributed by atoms with Crippen LogP contribution >= 0.6 is 0 Å². The van der Waals surface area contributed by atoms with Crippen LogP contribution in [0.2, 0.25) is 0 Å². The number of hydrogen-bond donors (Lipinski definition) is 4. The Bertz CT molecular complexity index is 291. The smallest absolute Gasteiger partial charge is 0.334 e. The molecule has 0 saturated heterocycles. The largest absolute Gasteiger partial charge is 0.479 e. The summed E-state index contributed by atoms with van der Waals surface area (Å²) in [5, 5.41) is 28.9. The van der Waals surface area contributed by atoms with Crippen molar-refractivity contribution in [2.24, 2.45) is 0 Å². The third-order valence-corrected chi connectivity index (χ3v) is 3.10. The Morgan fingerprint density at radius 2 is 1.94 bits per heavy atom. The van der Waals surface area contributed by atoms with E-state index in [-0.39, 0.29) is 25.7 Å². The summed E-state index contributed by atoms with van der Waals surface area (Å²) < 4.78 is 0. The Labute approximate surface area is 105 Å². The topological polar surface area (TPSA) is 110 Å². The second kappa shape index (κ2) is 7.17. The predicted octanol–water partition coefficient (Wildman–Crippen LogP) is -0.622. The van der Waals surface area contributed by atoms with Gasteiger partial charge in [0.15, 0.2) is 6.10 Å². The van der Waals surface area contributed by atoms with Crippen molar-refractivity contribution >= 4 is 12.0 Å². The first kappa shape index (κ1) is 14.7. The Hall–Kier alpha value is -1.34. The Morgan fingerprint density at radius 3 is 2.44 bits per heavy atom. The van der Waals surface area contributed by atoms with Crippen LogP contribution < -0.4 is 5.32 Å². The lowest BCUT2D eigenvalue weighted by Gasteiger charge is -2.28. The van der Waals surface area contributed by atoms with Gasteiger partial charge >= 0.3 is 12.0 Å². The zero-order valence-corrected chi connectivity index (χ0v) is 10.2. The SMILES string of the molecule is O=C(O)[C@@H](O)CNC(=O)N(CCO)C1CCCC1. The molecule has 18 heavy (non-hydrogen) atoms. The second-order valence-corrected chi connectivity index (χ2v) is 4.40. The molecule has 1 fully saturated rings. The molecule has 0 aliphatic heterocycles. The number of carbonyl (C=O) groups excluding carboxylic acids is 1. The van der Waals surface area contributed by atoms with Crippen molar-refractivity contribution in [2.45, 2.75) is 37.8 Å². The summed E-state index contributed by atoms with van der Waals surface area (Å²) in [5.41, 5.74) is 0. The molecule has 0 heterocycles. The Balaban J connectivity index is 2.46. The van der Waals surface area contributed by atoms with Gasteiger partial charge in [-0.2, -0.15) is 0 Å². The van der Waals surface area contributed by atoms with E-state index in [1.807, 2.05) is 0 Å². The highest BCUT2D eigenvalue weighted by Crippen LogP contribution is 2.23. The lowest BCUT2D eigenvalue weighted by molar-refractivity contribution is -0.146. The summed E-state index contributed by atoms with van der Waals surface area (Å²) in [6.07, 6.45) is 2.30. The molecule has 2 amide bonds. The maximum atomic E-state index is 11.8. The van der Waals surface area contributed by atoms with E-state index in [4.69, 9.17) is 15.3 Å². The van der Waals surface area contributed by atoms with E-state index in [0.29, 0.717) is 0 Å². The number of carboxylic acids is 1. The molecule has 1 atom stereocenters. The van der Waals surface area contributed by atoms with Crippen molar-refractivity contribution < 1.29 is 24.9 Å². The molecule has 0 aromatic carbocycles. The number of carbonyl (C=O) groups is 2. The third kappa shape index (κ3) is 4.15. The van der Waals surface area contributed by atoms with Crippen LogP contribution in [-0.4, -0.2) is 64.1 Å². The molecule has 7 nitrogen and oxygen atoms in total. The van der Waals surface area contributed by atoms with Crippen LogP contribution in [0.5, 0.6) is 0 Å². The van der Waals surface area contributed by atoms with Crippen LogP contribution in [0.4, 0.5) is 4.79 Å². The summed E-state index contributed by atoms with van der Waals surface area (Å²) in [5.74, 6) is -1.37. The van der Waals surface area contributed by atoms with Crippen molar-refractivity contribution in [2.75, 3.05) is 19.7 Å². The molecule has 1 rings (SSSR count). The van der Waals surface area contributed by atoms with E-state index in [0.717, 1.165) is 25.7 Å². The van der Waals surface area contributed by atoms with Gasteiger partial charge in [-0.15, -0.1) is 0 Å². The highest BCUT2D eigenvalue weighted by Gasteiger charge is 2.26. The highest BCUT2D eigenvalue weighted by atomic mass is 16.4. The lowest BCUT2D eigenvalue weighted by Crippen LogP contribution is -2.49. The van der Waals surface area contributed by atoms with E-state index in [9.17, 15) is 9.59 Å². The molecule has 1 aliphatic carbocycles. The molecule has 0 bridgehead atoms. The highest BCUT2D eigenvalue weighted by molar-refractivity contribution is 5.77. The first-order valence-electron chi connectivity index (χ1n) is 6.12.